The van der Waals surface area contributed by atoms with E-state index in [0.29, 0.717) is 19.1 Å². The van der Waals surface area contributed by atoms with Gasteiger partial charge >= 0.3 is 0 Å². The van der Waals surface area contributed by atoms with Crippen molar-refractivity contribution >= 4 is 16.7 Å². The number of aromatic nitrogens is 4. The molecule has 4 aromatic rings. The van der Waals surface area contributed by atoms with Crippen molar-refractivity contribution < 1.29 is 9.13 Å². The largest absolute Gasteiger partial charge is 0.489 e. The number of nitrogens with zero attached hydrogens (tertiary/aromatic N) is 4. The van der Waals surface area contributed by atoms with Crippen LogP contribution in [-0.2, 0) is 19.7 Å². The van der Waals surface area contributed by atoms with Gasteiger partial charge in [-0.1, -0.05) is 54.5 Å². The third-order valence-corrected chi connectivity index (χ3v) is 4.70. The molecule has 0 fully saturated rings. The van der Waals surface area contributed by atoms with Crippen LogP contribution >= 0.6 is 0 Å². The van der Waals surface area contributed by atoms with Crippen molar-refractivity contribution in [3.8, 4) is 5.75 Å². The van der Waals surface area contributed by atoms with Gasteiger partial charge in [-0.05, 0) is 51.4 Å². The lowest BCUT2D eigenvalue weighted by Crippen LogP contribution is -2.10. The first-order chi connectivity index (χ1) is 14.2. The van der Waals surface area contributed by atoms with Crippen molar-refractivity contribution in [2.75, 3.05) is 5.32 Å². The van der Waals surface area contributed by atoms with Crippen LogP contribution in [0.5, 0.6) is 5.75 Å². The van der Waals surface area contributed by atoms with Gasteiger partial charge in [0, 0.05) is 18.7 Å². The Kier molecular flexibility index (Phi) is 5.65. The van der Waals surface area contributed by atoms with Gasteiger partial charge in [0.2, 0.25) is 5.95 Å². The molecule has 0 aliphatic heterocycles. The molecule has 0 bridgehead atoms. The van der Waals surface area contributed by atoms with Crippen LogP contribution in [0.25, 0.3) is 10.8 Å². The van der Waals surface area contributed by atoms with Crippen LogP contribution in [0.3, 0.4) is 0 Å². The minimum atomic E-state index is -0.255. The summed E-state index contributed by atoms with van der Waals surface area (Å²) in [6, 6.07) is 18.5. The summed E-state index contributed by atoms with van der Waals surface area (Å²) < 4.78 is 21.0. The molecule has 1 aromatic heterocycles. The summed E-state index contributed by atoms with van der Waals surface area (Å²) in [5.41, 5.74) is 1.93. The Labute approximate surface area is 168 Å². The number of aryl methyl sites for hydroxylation is 1. The van der Waals surface area contributed by atoms with E-state index in [4.69, 9.17) is 4.74 Å². The second kappa shape index (κ2) is 8.68. The fourth-order valence-electron chi connectivity index (χ4n) is 3.24. The third-order valence-electron chi connectivity index (χ3n) is 4.70. The summed E-state index contributed by atoms with van der Waals surface area (Å²) in [6.07, 6.45) is 0.944. The predicted octanol–water partition coefficient (Wildman–Crippen LogP) is 4.57. The summed E-state index contributed by atoms with van der Waals surface area (Å²) in [7, 11) is 0. The van der Waals surface area contributed by atoms with E-state index in [1.165, 1.54) is 12.1 Å². The molecule has 0 radical (unpaired) electrons. The maximum atomic E-state index is 13.1. The summed E-state index contributed by atoms with van der Waals surface area (Å²) in [5.74, 6) is 1.15. The smallest absolute Gasteiger partial charge is 0.243 e. The van der Waals surface area contributed by atoms with Crippen molar-refractivity contribution in [3.63, 3.8) is 0 Å². The summed E-state index contributed by atoms with van der Waals surface area (Å²) >= 11 is 0. The lowest BCUT2D eigenvalue weighted by Gasteiger charge is -2.15. The van der Waals surface area contributed by atoms with Crippen molar-refractivity contribution in [2.24, 2.45) is 0 Å². The number of halogens is 1. The van der Waals surface area contributed by atoms with E-state index in [1.54, 1.807) is 16.8 Å². The molecule has 0 saturated carbocycles. The van der Waals surface area contributed by atoms with E-state index in [0.717, 1.165) is 40.6 Å². The molecule has 0 aliphatic rings. The van der Waals surface area contributed by atoms with Gasteiger partial charge in [-0.2, -0.15) is 0 Å². The fourth-order valence-corrected chi connectivity index (χ4v) is 3.24. The minimum absolute atomic E-state index is 0.255. The van der Waals surface area contributed by atoms with E-state index in [-0.39, 0.29) is 5.82 Å². The number of nitrogens with one attached hydrogen (secondary N) is 1. The van der Waals surface area contributed by atoms with E-state index in [9.17, 15) is 4.39 Å². The minimum Gasteiger partial charge on any atom is -0.489 e. The zero-order chi connectivity index (χ0) is 20.1. The number of anilines is 1. The highest BCUT2D eigenvalue weighted by Gasteiger charge is 2.12. The van der Waals surface area contributed by atoms with Crippen molar-refractivity contribution in [3.05, 3.63) is 77.6 Å². The van der Waals surface area contributed by atoms with Crippen LogP contribution in [0.15, 0.2) is 60.7 Å². The number of rotatable bonds is 8. The number of hydrogen-bond acceptors (Lipinski definition) is 5. The second-order valence-electron chi connectivity index (χ2n) is 6.76. The Morgan fingerprint density at radius 2 is 1.86 bits per heavy atom. The SMILES string of the molecule is CCCn1nnnc1NCc1c(OCc2ccc(F)cc2)ccc2ccccc12. The van der Waals surface area contributed by atoms with Crippen LogP contribution in [0.2, 0.25) is 0 Å². The molecule has 0 aliphatic carbocycles. The van der Waals surface area contributed by atoms with Crippen LogP contribution in [0.4, 0.5) is 10.3 Å². The number of fused-ring (bicyclic) bond motifs is 1. The van der Waals surface area contributed by atoms with Crippen LogP contribution in [-0.4, -0.2) is 20.2 Å². The van der Waals surface area contributed by atoms with E-state index in [2.05, 4.69) is 39.9 Å². The van der Waals surface area contributed by atoms with Crippen molar-refractivity contribution in [1.82, 2.24) is 20.2 Å². The Bertz CT molecular complexity index is 1090. The van der Waals surface area contributed by atoms with Gasteiger partial charge in [0.25, 0.3) is 0 Å². The summed E-state index contributed by atoms with van der Waals surface area (Å²) in [4.78, 5) is 0. The molecule has 0 atom stereocenters. The average molecular weight is 391 g/mol. The summed E-state index contributed by atoms with van der Waals surface area (Å²) in [5, 5.41) is 17.4. The van der Waals surface area contributed by atoms with Crippen molar-refractivity contribution in [2.45, 2.75) is 33.0 Å². The Morgan fingerprint density at radius 1 is 1.03 bits per heavy atom. The monoisotopic (exact) mass is 391 g/mol. The molecule has 1 N–H and O–H groups in total. The van der Waals surface area contributed by atoms with Crippen LogP contribution in [0.1, 0.15) is 24.5 Å². The number of ether oxygens (including phenoxy) is 1. The fraction of sp³-hybridized carbons (Fsp3) is 0.227. The van der Waals surface area contributed by atoms with Crippen LogP contribution in [0, 0.1) is 5.82 Å². The van der Waals surface area contributed by atoms with Gasteiger partial charge in [0.15, 0.2) is 0 Å². The molecule has 3 aromatic carbocycles. The van der Waals surface area contributed by atoms with Gasteiger partial charge in [0.05, 0.1) is 0 Å². The molecule has 4 rings (SSSR count). The normalized spacial score (nSPS) is 11.0. The zero-order valence-corrected chi connectivity index (χ0v) is 16.2. The molecule has 148 valence electrons. The number of benzene rings is 3. The molecule has 7 heteroatoms. The average Bonchev–Trinajstić information content (AvgIpc) is 3.19. The topological polar surface area (TPSA) is 64.9 Å². The van der Waals surface area contributed by atoms with Gasteiger partial charge in [-0.15, -0.1) is 0 Å². The Hall–Kier alpha value is -3.48. The number of tetrazole rings is 1. The van der Waals surface area contributed by atoms with Gasteiger partial charge in [-0.3, -0.25) is 0 Å². The molecular formula is C22H22FN5O. The maximum absolute atomic E-state index is 13.1. The lowest BCUT2D eigenvalue weighted by molar-refractivity contribution is 0.303. The molecule has 0 saturated heterocycles. The van der Waals surface area contributed by atoms with Crippen molar-refractivity contribution in [1.29, 1.82) is 0 Å². The number of hydrogen-bond donors (Lipinski definition) is 1. The van der Waals surface area contributed by atoms with Crippen LogP contribution < -0.4 is 10.1 Å². The molecule has 0 spiro atoms. The predicted molar refractivity (Wildman–Crippen MR) is 110 cm³/mol. The first-order valence-corrected chi connectivity index (χ1v) is 9.62. The second-order valence-corrected chi connectivity index (χ2v) is 6.76. The lowest BCUT2D eigenvalue weighted by atomic mass is 10.0. The molecule has 29 heavy (non-hydrogen) atoms. The maximum Gasteiger partial charge on any atom is 0.243 e. The highest BCUT2D eigenvalue weighted by atomic mass is 19.1. The first-order valence-electron chi connectivity index (χ1n) is 9.62. The summed E-state index contributed by atoms with van der Waals surface area (Å²) in [6.45, 7) is 3.71. The standard InChI is InChI=1S/C22H22FN5O/c1-2-13-28-22(25-26-27-28)24-14-20-19-6-4-3-5-17(19)9-12-21(20)29-15-16-7-10-18(23)11-8-16/h3-12H,2,13-15H2,1H3,(H,24,25,27). The quantitative estimate of drug-likeness (QED) is 0.477. The molecule has 0 amide bonds. The van der Waals surface area contributed by atoms with Gasteiger partial charge in [-0.25, -0.2) is 9.07 Å². The first kappa shape index (κ1) is 18.9. The molecule has 1 heterocycles. The molecular weight excluding hydrogens is 369 g/mol. The van der Waals surface area contributed by atoms with E-state index < -0.39 is 0 Å². The highest BCUT2D eigenvalue weighted by molar-refractivity contribution is 5.88. The van der Waals surface area contributed by atoms with E-state index >= 15 is 0 Å². The third kappa shape index (κ3) is 4.34. The Morgan fingerprint density at radius 3 is 2.69 bits per heavy atom. The van der Waals surface area contributed by atoms with Gasteiger partial charge < -0.3 is 10.1 Å². The molecule has 0 unspecified atom stereocenters. The zero-order valence-electron chi connectivity index (χ0n) is 16.2. The van der Waals surface area contributed by atoms with Gasteiger partial charge in [0.1, 0.15) is 18.2 Å². The highest BCUT2D eigenvalue weighted by Crippen LogP contribution is 2.29. The Balaban J connectivity index is 1.60. The van der Waals surface area contributed by atoms with E-state index in [1.807, 2.05) is 24.3 Å². The molecule has 6 nitrogen and oxygen atoms in total.